The van der Waals surface area contributed by atoms with Crippen molar-refractivity contribution in [1.29, 1.82) is 0 Å². The van der Waals surface area contributed by atoms with Gasteiger partial charge in [0.15, 0.2) is 11.5 Å². The zero-order valence-corrected chi connectivity index (χ0v) is 14.7. The Hall–Kier alpha value is -2.57. The Balaban J connectivity index is 1.23. The topological polar surface area (TPSA) is 86.5 Å². The molecule has 1 saturated carbocycles. The van der Waals surface area contributed by atoms with Gasteiger partial charge in [0, 0.05) is 25.3 Å². The number of nitrogens with zero attached hydrogens (tertiary/aromatic N) is 2. The molecule has 7 heteroatoms. The molecule has 1 aromatic carbocycles. The van der Waals surface area contributed by atoms with Crippen LogP contribution in [0.25, 0.3) is 0 Å². The minimum absolute atomic E-state index is 0.0416. The molecule has 2 heterocycles. The van der Waals surface area contributed by atoms with Gasteiger partial charge in [-0.05, 0) is 30.5 Å². The van der Waals surface area contributed by atoms with Gasteiger partial charge in [-0.1, -0.05) is 25.3 Å². The number of carbonyl (C=O) groups is 1. The van der Waals surface area contributed by atoms with E-state index in [1.807, 2.05) is 18.2 Å². The highest BCUT2D eigenvalue weighted by atomic mass is 16.7. The molecule has 4 rings (SSSR count). The van der Waals surface area contributed by atoms with Crippen LogP contribution in [-0.2, 0) is 17.8 Å². The van der Waals surface area contributed by atoms with E-state index in [4.69, 9.17) is 13.9 Å². The maximum Gasteiger partial charge on any atom is 0.231 e. The van der Waals surface area contributed by atoms with Crippen molar-refractivity contribution >= 4 is 5.91 Å². The molecular weight excluding hydrogens is 334 g/mol. The Morgan fingerprint density at radius 3 is 2.85 bits per heavy atom. The van der Waals surface area contributed by atoms with Crippen molar-refractivity contribution in [3.8, 4) is 11.5 Å². The molecular formula is C19H23N3O4. The molecule has 1 fully saturated rings. The number of hydrogen-bond donors (Lipinski definition) is 1. The molecule has 1 aliphatic carbocycles. The lowest BCUT2D eigenvalue weighted by molar-refractivity contribution is -0.121. The number of nitrogens with one attached hydrogen (secondary N) is 1. The molecule has 138 valence electrons. The number of ether oxygens (including phenoxy) is 2. The average Bonchev–Trinajstić information content (AvgIpc) is 3.34. The number of aromatic nitrogens is 2. The highest BCUT2D eigenvalue weighted by Crippen LogP contribution is 2.33. The Morgan fingerprint density at radius 1 is 1.12 bits per heavy atom. The van der Waals surface area contributed by atoms with Gasteiger partial charge in [0.05, 0.1) is 0 Å². The van der Waals surface area contributed by atoms with Gasteiger partial charge in [-0.15, -0.1) is 10.2 Å². The normalized spacial score (nSPS) is 16.6. The minimum Gasteiger partial charge on any atom is -0.454 e. The van der Waals surface area contributed by atoms with Crippen LogP contribution in [0.5, 0.6) is 11.5 Å². The van der Waals surface area contributed by atoms with Crippen LogP contribution in [0.1, 0.15) is 61.8 Å². The first-order valence-electron chi connectivity index (χ1n) is 9.25. The lowest BCUT2D eigenvalue weighted by atomic mass is 9.89. The first-order chi connectivity index (χ1) is 12.8. The van der Waals surface area contributed by atoms with E-state index in [1.54, 1.807) is 0 Å². The van der Waals surface area contributed by atoms with Gasteiger partial charge in [-0.2, -0.15) is 0 Å². The number of benzene rings is 1. The number of hydrogen-bond acceptors (Lipinski definition) is 6. The van der Waals surface area contributed by atoms with Gasteiger partial charge < -0.3 is 19.2 Å². The van der Waals surface area contributed by atoms with Crippen LogP contribution in [0.2, 0.25) is 0 Å². The zero-order valence-electron chi connectivity index (χ0n) is 14.7. The van der Waals surface area contributed by atoms with Gasteiger partial charge in [0.1, 0.15) is 0 Å². The Labute approximate surface area is 152 Å². The monoisotopic (exact) mass is 357 g/mol. The van der Waals surface area contributed by atoms with E-state index in [-0.39, 0.29) is 12.7 Å². The lowest BCUT2D eigenvalue weighted by Gasteiger charge is -2.17. The molecule has 0 spiro atoms. The van der Waals surface area contributed by atoms with Gasteiger partial charge in [0.2, 0.25) is 24.5 Å². The van der Waals surface area contributed by atoms with Gasteiger partial charge in [-0.3, -0.25) is 4.79 Å². The lowest BCUT2D eigenvalue weighted by Crippen LogP contribution is -2.23. The van der Waals surface area contributed by atoms with E-state index in [9.17, 15) is 4.79 Å². The van der Waals surface area contributed by atoms with Crippen LogP contribution in [0.3, 0.4) is 0 Å². The zero-order chi connectivity index (χ0) is 17.8. The summed E-state index contributed by atoms with van der Waals surface area (Å²) in [5.74, 6) is 3.09. The number of aryl methyl sites for hydroxylation is 1. The molecule has 1 N–H and O–H groups in total. The van der Waals surface area contributed by atoms with Crippen molar-refractivity contribution in [2.45, 2.75) is 57.4 Å². The second-order valence-electron chi connectivity index (χ2n) is 6.83. The predicted molar refractivity (Wildman–Crippen MR) is 92.9 cm³/mol. The number of carbonyl (C=O) groups excluding carboxylic acids is 1. The Kier molecular flexibility index (Phi) is 5.04. The number of rotatable bonds is 6. The molecule has 0 unspecified atom stereocenters. The van der Waals surface area contributed by atoms with E-state index in [0.29, 0.717) is 31.2 Å². The minimum atomic E-state index is -0.0416. The van der Waals surface area contributed by atoms with Crippen LogP contribution < -0.4 is 14.8 Å². The van der Waals surface area contributed by atoms with Crippen molar-refractivity contribution in [1.82, 2.24) is 15.5 Å². The van der Waals surface area contributed by atoms with Crippen LogP contribution in [0.4, 0.5) is 0 Å². The highest BCUT2D eigenvalue weighted by molar-refractivity contribution is 5.76. The van der Waals surface area contributed by atoms with Crippen molar-refractivity contribution in [2.75, 3.05) is 6.79 Å². The smallest absolute Gasteiger partial charge is 0.231 e. The number of amides is 1. The summed E-state index contributed by atoms with van der Waals surface area (Å²) in [6, 6.07) is 5.66. The molecule has 0 bridgehead atoms. The summed E-state index contributed by atoms with van der Waals surface area (Å²) >= 11 is 0. The third kappa shape index (κ3) is 3.98. The fourth-order valence-electron chi connectivity index (χ4n) is 3.44. The Morgan fingerprint density at radius 2 is 1.96 bits per heavy atom. The van der Waals surface area contributed by atoms with E-state index in [2.05, 4.69) is 15.5 Å². The largest absolute Gasteiger partial charge is 0.454 e. The third-order valence-corrected chi connectivity index (χ3v) is 4.93. The summed E-state index contributed by atoms with van der Waals surface area (Å²) in [5.41, 5.74) is 0.972. The summed E-state index contributed by atoms with van der Waals surface area (Å²) in [5, 5.41) is 11.2. The fourth-order valence-corrected chi connectivity index (χ4v) is 3.44. The fraction of sp³-hybridized carbons (Fsp3) is 0.526. The molecule has 1 amide bonds. The SMILES string of the molecule is O=C(CCc1nnc(C2CCCCC2)o1)NCc1ccc2c(c1)OCO2. The van der Waals surface area contributed by atoms with Gasteiger partial charge in [-0.25, -0.2) is 0 Å². The molecule has 1 aliphatic heterocycles. The van der Waals surface area contributed by atoms with Crippen molar-refractivity contribution in [2.24, 2.45) is 0 Å². The van der Waals surface area contributed by atoms with Crippen LogP contribution in [0.15, 0.2) is 22.6 Å². The van der Waals surface area contributed by atoms with E-state index in [0.717, 1.165) is 35.8 Å². The molecule has 2 aromatic rings. The van der Waals surface area contributed by atoms with Crippen molar-refractivity contribution < 1.29 is 18.7 Å². The van der Waals surface area contributed by atoms with Crippen LogP contribution in [0, 0.1) is 0 Å². The van der Waals surface area contributed by atoms with Gasteiger partial charge >= 0.3 is 0 Å². The third-order valence-electron chi connectivity index (χ3n) is 4.93. The van der Waals surface area contributed by atoms with Crippen LogP contribution in [-0.4, -0.2) is 22.9 Å². The quantitative estimate of drug-likeness (QED) is 0.855. The summed E-state index contributed by atoms with van der Waals surface area (Å²) < 4.78 is 16.4. The summed E-state index contributed by atoms with van der Waals surface area (Å²) in [4.78, 5) is 12.1. The standard InChI is InChI=1S/C19H23N3O4/c23-17(20-11-13-6-7-15-16(10-13)25-12-24-15)8-9-18-21-22-19(26-18)14-4-2-1-3-5-14/h6-7,10,14H,1-5,8-9,11-12H2,(H,20,23). The molecule has 2 aliphatic rings. The second kappa shape index (κ2) is 7.76. The van der Waals surface area contributed by atoms with Crippen molar-refractivity contribution in [3.05, 3.63) is 35.5 Å². The van der Waals surface area contributed by atoms with E-state index >= 15 is 0 Å². The molecule has 26 heavy (non-hydrogen) atoms. The Bertz CT molecular complexity index is 768. The molecule has 0 saturated heterocycles. The first-order valence-corrected chi connectivity index (χ1v) is 9.25. The predicted octanol–water partition coefficient (Wildman–Crippen LogP) is 3.10. The van der Waals surface area contributed by atoms with Crippen LogP contribution >= 0.6 is 0 Å². The first kappa shape index (κ1) is 16.9. The molecule has 0 atom stereocenters. The van der Waals surface area contributed by atoms with E-state index in [1.165, 1.54) is 19.3 Å². The average molecular weight is 357 g/mol. The highest BCUT2D eigenvalue weighted by Gasteiger charge is 2.21. The van der Waals surface area contributed by atoms with Crippen molar-refractivity contribution in [3.63, 3.8) is 0 Å². The molecule has 7 nitrogen and oxygen atoms in total. The maximum absolute atomic E-state index is 12.1. The van der Waals surface area contributed by atoms with Gasteiger partial charge in [0.25, 0.3) is 0 Å². The maximum atomic E-state index is 12.1. The molecule has 1 aromatic heterocycles. The second-order valence-corrected chi connectivity index (χ2v) is 6.83. The molecule has 0 radical (unpaired) electrons. The summed E-state index contributed by atoms with van der Waals surface area (Å²) in [6.45, 7) is 0.699. The number of fused-ring (bicyclic) bond motifs is 1. The summed E-state index contributed by atoms with van der Waals surface area (Å²) in [6.07, 6.45) is 6.79. The summed E-state index contributed by atoms with van der Waals surface area (Å²) in [7, 11) is 0. The van der Waals surface area contributed by atoms with E-state index < -0.39 is 0 Å².